The summed E-state index contributed by atoms with van der Waals surface area (Å²) in [6.45, 7) is 0. The molecule has 3 rings (SSSR count). The zero-order chi connectivity index (χ0) is 12.5. The Morgan fingerprint density at radius 2 is 1.72 bits per heavy atom. The number of carbonyl (C=O) groups excluding carboxylic acids is 2. The van der Waals surface area contributed by atoms with Gasteiger partial charge < -0.3 is 0 Å². The molecule has 1 aliphatic rings. The van der Waals surface area contributed by atoms with Crippen LogP contribution in [0.15, 0.2) is 48.7 Å². The van der Waals surface area contributed by atoms with Gasteiger partial charge in [-0.05, 0) is 24.3 Å². The number of aromatic nitrogens is 1. The van der Waals surface area contributed by atoms with Gasteiger partial charge in [-0.15, -0.1) is 0 Å². The summed E-state index contributed by atoms with van der Waals surface area (Å²) in [5, 5.41) is 0.979. The zero-order valence-electron chi connectivity index (χ0n) is 9.33. The monoisotopic (exact) mass is 239 g/mol. The van der Waals surface area contributed by atoms with Gasteiger partial charge in [-0.25, -0.2) is 0 Å². The number of rotatable bonds is 2. The molecule has 0 atom stereocenters. The van der Waals surface area contributed by atoms with Gasteiger partial charge in [0.05, 0.1) is 11.3 Å². The lowest BCUT2D eigenvalue weighted by Crippen LogP contribution is -2.35. The molecule has 2 aromatic rings. The van der Waals surface area contributed by atoms with Crippen LogP contribution in [-0.4, -0.2) is 21.8 Å². The number of para-hydroxylation sites is 1. The van der Waals surface area contributed by atoms with Crippen molar-refractivity contribution in [1.29, 1.82) is 0 Å². The molecule has 1 aromatic heterocycles. The molecular formula is C13H9N3O2. The standard InChI is InChI=1S/C13H9N3O2/c17-12-10-7-4-8-14-11(10)13(18)16(12)15-9-5-2-1-3-6-9/h1-8,15H. The molecule has 18 heavy (non-hydrogen) atoms. The van der Waals surface area contributed by atoms with E-state index in [1.807, 2.05) is 18.2 Å². The Morgan fingerprint density at radius 3 is 2.44 bits per heavy atom. The van der Waals surface area contributed by atoms with Crippen LogP contribution in [0, 0.1) is 0 Å². The maximum atomic E-state index is 12.0. The summed E-state index contributed by atoms with van der Waals surface area (Å²) in [5.41, 5.74) is 3.97. The lowest BCUT2D eigenvalue weighted by molar-refractivity contribution is 0.0689. The molecule has 2 heterocycles. The highest BCUT2D eigenvalue weighted by Crippen LogP contribution is 2.21. The van der Waals surface area contributed by atoms with E-state index in [0.717, 1.165) is 5.01 Å². The van der Waals surface area contributed by atoms with Gasteiger partial charge in [0.2, 0.25) is 0 Å². The number of nitrogens with one attached hydrogen (secondary N) is 1. The van der Waals surface area contributed by atoms with Gasteiger partial charge in [0, 0.05) is 6.20 Å². The number of anilines is 1. The van der Waals surface area contributed by atoms with Crippen LogP contribution in [0.2, 0.25) is 0 Å². The minimum absolute atomic E-state index is 0.186. The van der Waals surface area contributed by atoms with Gasteiger partial charge in [0.15, 0.2) is 0 Å². The predicted octanol–water partition coefficient (Wildman–Crippen LogP) is 1.70. The molecule has 1 aliphatic heterocycles. The van der Waals surface area contributed by atoms with Crippen LogP contribution < -0.4 is 5.43 Å². The average molecular weight is 239 g/mol. The molecule has 0 radical (unpaired) electrons. The van der Waals surface area contributed by atoms with E-state index < -0.39 is 5.91 Å². The zero-order valence-corrected chi connectivity index (χ0v) is 9.33. The number of nitrogens with zero attached hydrogens (tertiary/aromatic N) is 2. The highest BCUT2D eigenvalue weighted by molar-refractivity contribution is 6.20. The Balaban J connectivity index is 1.93. The predicted molar refractivity (Wildman–Crippen MR) is 64.8 cm³/mol. The third-order valence-corrected chi connectivity index (χ3v) is 2.66. The maximum absolute atomic E-state index is 12.0. The van der Waals surface area contributed by atoms with Crippen molar-refractivity contribution in [3.05, 3.63) is 59.9 Å². The summed E-state index contributed by atoms with van der Waals surface area (Å²) < 4.78 is 0. The van der Waals surface area contributed by atoms with Crippen LogP contribution in [0.5, 0.6) is 0 Å². The van der Waals surface area contributed by atoms with E-state index in [9.17, 15) is 9.59 Å². The first-order chi connectivity index (χ1) is 8.77. The highest BCUT2D eigenvalue weighted by Gasteiger charge is 2.36. The SMILES string of the molecule is O=C1c2cccnc2C(=O)N1Nc1ccccc1. The van der Waals surface area contributed by atoms with Gasteiger partial charge in [-0.3, -0.25) is 20.0 Å². The van der Waals surface area contributed by atoms with Gasteiger partial charge in [0.25, 0.3) is 11.8 Å². The van der Waals surface area contributed by atoms with E-state index in [4.69, 9.17) is 0 Å². The first-order valence-electron chi connectivity index (χ1n) is 5.43. The number of amides is 2. The summed E-state index contributed by atoms with van der Waals surface area (Å²) in [6.07, 6.45) is 1.50. The smallest absolute Gasteiger partial charge is 0.288 e. The Morgan fingerprint density at radius 1 is 0.944 bits per heavy atom. The van der Waals surface area contributed by atoms with Gasteiger partial charge >= 0.3 is 0 Å². The lowest BCUT2D eigenvalue weighted by Gasteiger charge is -2.15. The van der Waals surface area contributed by atoms with Crippen molar-refractivity contribution in [3.63, 3.8) is 0 Å². The van der Waals surface area contributed by atoms with Crippen LogP contribution in [0.3, 0.4) is 0 Å². The van der Waals surface area contributed by atoms with Crippen LogP contribution in [0.4, 0.5) is 5.69 Å². The Bertz CT molecular complexity index is 590. The molecule has 1 N–H and O–H groups in total. The molecule has 2 amide bonds. The van der Waals surface area contributed by atoms with Crippen molar-refractivity contribution in [1.82, 2.24) is 9.99 Å². The molecule has 5 heteroatoms. The van der Waals surface area contributed by atoms with Gasteiger partial charge in [-0.2, -0.15) is 5.01 Å². The second-order valence-electron chi connectivity index (χ2n) is 3.82. The number of hydrogen-bond donors (Lipinski definition) is 1. The molecule has 5 nitrogen and oxygen atoms in total. The molecular weight excluding hydrogens is 230 g/mol. The first kappa shape index (κ1) is 10.5. The quantitative estimate of drug-likeness (QED) is 0.810. The molecule has 0 unspecified atom stereocenters. The summed E-state index contributed by atoms with van der Waals surface area (Å²) in [4.78, 5) is 27.9. The average Bonchev–Trinajstić information content (AvgIpc) is 2.66. The van der Waals surface area contributed by atoms with E-state index >= 15 is 0 Å². The number of benzene rings is 1. The molecule has 0 spiro atoms. The fourth-order valence-electron chi connectivity index (χ4n) is 1.81. The van der Waals surface area contributed by atoms with Gasteiger partial charge in [-0.1, -0.05) is 18.2 Å². The van der Waals surface area contributed by atoms with Gasteiger partial charge in [0.1, 0.15) is 5.69 Å². The topological polar surface area (TPSA) is 62.3 Å². The fraction of sp³-hybridized carbons (Fsp3) is 0. The third-order valence-electron chi connectivity index (χ3n) is 2.66. The van der Waals surface area contributed by atoms with Crippen molar-refractivity contribution in [2.75, 3.05) is 5.43 Å². The summed E-state index contributed by atoms with van der Waals surface area (Å²) in [6, 6.07) is 12.3. The number of imide groups is 1. The normalized spacial score (nSPS) is 13.7. The van der Waals surface area contributed by atoms with E-state index in [-0.39, 0.29) is 11.6 Å². The second kappa shape index (κ2) is 3.96. The molecule has 0 saturated carbocycles. The van der Waals surface area contributed by atoms with Crippen molar-refractivity contribution in [2.45, 2.75) is 0 Å². The van der Waals surface area contributed by atoms with E-state index in [1.165, 1.54) is 6.20 Å². The molecule has 1 aromatic carbocycles. The fourth-order valence-corrected chi connectivity index (χ4v) is 1.81. The Labute approximate surface area is 103 Å². The van der Waals surface area contributed by atoms with Crippen LogP contribution in [-0.2, 0) is 0 Å². The molecule has 0 bridgehead atoms. The molecule has 0 aliphatic carbocycles. The van der Waals surface area contributed by atoms with E-state index in [2.05, 4.69) is 10.4 Å². The number of fused-ring (bicyclic) bond motifs is 1. The lowest BCUT2D eigenvalue weighted by atomic mass is 10.2. The van der Waals surface area contributed by atoms with Crippen LogP contribution in [0.1, 0.15) is 20.8 Å². The number of hydrogen-bond acceptors (Lipinski definition) is 4. The van der Waals surface area contributed by atoms with Crippen molar-refractivity contribution in [3.8, 4) is 0 Å². The molecule has 88 valence electrons. The Kier molecular flexibility index (Phi) is 2.30. The second-order valence-corrected chi connectivity index (χ2v) is 3.82. The largest absolute Gasteiger partial charge is 0.299 e. The van der Waals surface area contributed by atoms with Crippen molar-refractivity contribution in [2.24, 2.45) is 0 Å². The highest BCUT2D eigenvalue weighted by atomic mass is 16.2. The van der Waals surface area contributed by atoms with Crippen molar-refractivity contribution >= 4 is 17.5 Å². The molecule has 0 saturated heterocycles. The van der Waals surface area contributed by atoms with Crippen LogP contribution >= 0.6 is 0 Å². The minimum atomic E-state index is -0.431. The number of hydrazine groups is 1. The summed E-state index contributed by atoms with van der Waals surface area (Å²) in [5.74, 6) is -0.814. The third kappa shape index (κ3) is 1.53. The van der Waals surface area contributed by atoms with Crippen LogP contribution in [0.25, 0.3) is 0 Å². The van der Waals surface area contributed by atoms with E-state index in [0.29, 0.717) is 11.3 Å². The first-order valence-corrected chi connectivity index (χ1v) is 5.43. The van der Waals surface area contributed by atoms with Crippen molar-refractivity contribution < 1.29 is 9.59 Å². The number of carbonyl (C=O) groups is 2. The summed E-state index contributed by atoms with van der Waals surface area (Å²) >= 11 is 0. The number of pyridine rings is 1. The molecule has 0 fully saturated rings. The minimum Gasteiger partial charge on any atom is -0.288 e. The maximum Gasteiger partial charge on any atom is 0.299 e. The summed E-state index contributed by atoms with van der Waals surface area (Å²) in [7, 11) is 0. The Hall–Kier alpha value is -2.69. The van der Waals surface area contributed by atoms with E-state index in [1.54, 1.807) is 24.3 Å².